The van der Waals surface area contributed by atoms with Crippen LogP contribution in [0.3, 0.4) is 0 Å². The predicted molar refractivity (Wildman–Crippen MR) is 78.5 cm³/mol. The van der Waals surface area contributed by atoms with Gasteiger partial charge in [0.2, 0.25) is 5.91 Å². The maximum atomic E-state index is 11.8. The molecule has 2 N–H and O–H groups in total. The third-order valence-corrected chi connectivity index (χ3v) is 4.14. The molecule has 0 aliphatic carbocycles. The summed E-state index contributed by atoms with van der Waals surface area (Å²) in [6.45, 7) is 4.42. The van der Waals surface area contributed by atoms with Gasteiger partial charge in [-0.2, -0.15) is 5.10 Å². The molecule has 2 heterocycles. The third kappa shape index (κ3) is 3.91. The number of carbonyl (C=O) groups is 1. The van der Waals surface area contributed by atoms with Gasteiger partial charge in [0.05, 0.1) is 12.7 Å². The van der Waals surface area contributed by atoms with Crippen LogP contribution >= 0.6 is 11.3 Å². The Morgan fingerprint density at radius 2 is 2.40 bits per heavy atom. The minimum absolute atomic E-state index is 0.0880. The lowest BCUT2D eigenvalue weighted by Gasteiger charge is -2.22. The van der Waals surface area contributed by atoms with Gasteiger partial charge in [-0.3, -0.25) is 9.48 Å². The van der Waals surface area contributed by atoms with Crippen molar-refractivity contribution < 1.29 is 9.90 Å². The van der Waals surface area contributed by atoms with Crippen molar-refractivity contribution in [3.63, 3.8) is 0 Å². The highest BCUT2D eigenvalue weighted by molar-refractivity contribution is 7.10. The number of aryl methyl sites for hydroxylation is 2. The van der Waals surface area contributed by atoms with E-state index in [9.17, 15) is 9.90 Å². The smallest absolute Gasteiger partial charge is 0.221 e. The number of hydrogen-bond acceptors (Lipinski definition) is 4. The van der Waals surface area contributed by atoms with Crippen molar-refractivity contribution in [3.8, 4) is 0 Å². The second kappa shape index (κ2) is 6.19. The zero-order valence-corrected chi connectivity index (χ0v) is 12.5. The molecule has 1 unspecified atom stereocenters. The summed E-state index contributed by atoms with van der Waals surface area (Å²) >= 11 is 1.48. The second-order valence-corrected chi connectivity index (χ2v) is 6.01. The fraction of sp³-hybridized carbons (Fsp3) is 0.429. The van der Waals surface area contributed by atoms with E-state index in [0.29, 0.717) is 13.0 Å². The van der Waals surface area contributed by atoms with Crippen molar-refractivity contribution in [1.82, 2.24) is 15.1 Å². The van der Waals surface area contributed by atoms with Crippen molar-refractivity contribution in [2.24, 2.45) is 0 Å². The van der Waals surface area contributed by atoms with Crippen molar-refractivity contribution in [1.29, 1.82) is 0 Å². The Hall–Kier alpha value is -1.66. The van der Waals surface area contributed by atoms with Crippen LogP contribution in [0.1, 0.15) is 23.8 Å². The molecule has 1 amide bonds. The number of nitrogens with zero attached hydrogens (tertiary/aromatic N) is 2. The molecule has 0 saturated heterocycles. The molecular formula is C14H19N3O2S. The van der Waals surface area contributed by atoms with E-state index in [-0.39, 0.29) is 12.5 Å². The maximum Gasteiger partial charge on any atom is 0.221 e. The SMILES string of the molecule is Cc1cnn(CCC(=O)NCC(C)(O)c2cccs2)c1. The highest BCUT2D eigenvalue weighted by atomic mass is 32.1. The molecule has 0 radical (unpaired) electrons. The molecule has 0 fully saturated rings. The number of amides is 1. The number of hydrogen-bond donors (Lipinski definition) is 2. The van der Waals surface area contributed by atoms with E-state index in [4.69, 9.17) is 0 Å². The molecule has 0 aromatic carbocycles. The maximum absolute atomic E-state index is 11.8. The monoisotopic (exact) mass is 293 g/mol. The van der Waals surface area contributed by atoms with E-state index in [1.807, 2.05) is 30.6 Å². The first-order valence-corrected chi connectivity index (χ1v) is 7.37. The molecule has 0 spiro atoms. The average Bonchev–Trinajstić information content (AvgIpc) is 3.05. The zero-order valence-electron chi connectivity index (χ0n) is 11.7. The molecule has 108 valence electrons. The minimum Gasteiger partial charge on any atom is -0.383 e. The number of rotatable bonds is 6. The number of nitrogens with one attached hydrogen (secondary N) is 1. The first-order valence-electron chi connectivity index (χ1n) is 6.49. The average molecular weight is 293 g/mol. The Morgan fingerprint density at radius 1 is 1.60 bits per heavy atom. The fourth-order valence-corrected chi connectivity index (χ4v) is 2.62. The van der Waals surface area contributed by atoms with Gasteiger partial charge in [0.15, 0.2) is 0 Å². The molecule has 1 atom stereocenters. The molecule has 0 bridgehead atoms. The lowest BCUT2D eigenvalue weighted by molar-refractivity contribution is -0.122. The number of aromatic nitrogens is 2. The van der Waals surface area contributed by atoms with Crippen molar-refractivity contribution in [2.45, 2.75) is 32.4 Å². The largest absolute Gasteiger partial charge is 0.383 e. The lowest BCUT2D eigenvalue weighted by Crippen LogP contribution is -2.38. The van der Waals surface area contributed by atoms with Crippen LogP contribution in [0, 0.1) is 6.92 Å². The summed E-state index contributed by atoms with van der Waals surface area (Å²) < 4.78 is 1.74. The summed E-state index contributed by atoms with van der Waals surface area (Å²) in [5.41, 5.74) is 0.0533. The van der Waals surface area contributed by atoms with E-state index >= 15 is 0 Å². The van der Waals surface area contributed by atoms with Gasteiger partial charge in [0.25, 0.3) is 0 Å². The van der Waals surface area contributed by atoms with Crippen LogP contribution in [0.5, 0.6) is 0 Å². The van der Waals surface area contributed by atoms with Crippen molar-refractivity contribution in [2.75, 3.05) is 6.54 Å². The number of thiophene rings is 1. The lowest BCUT2D eigenvalue weighted by atomic mass is 10.1. The van der Waals surface area contributed by atoms with Crippen LogP contribution in [0.2, 0.25) is 0 Å². The van der Waals surface area contributed by atoms with Gasteiger partial charge in [-0.05, 0) is 30.9 Å². The molecule has 2 rings (SSSR count). The van der Waals surface area contributed by atoms with Gasteiger partial charge >= 0.3 is 0 Å². The van der Waals surface area contributed by atoms with Gasteiger partial charge in [0, 0.05) is 24.0 Å². The van der Waals surface area contributed by atoms with Crippen LogP contribution < -0.4 is 5.32 Å². The van der Waals surface area contributed by atoms with Crippen LogP contribution in [0.15, 0.2) is 29.9 Å². The molecule has 0 aliphatic rings. The predicted octanol–water partition coefficient (Wildman–Crippen LogP) is 1.67. The van der Waals surface area contributed by atoms with E-state index in [2.05, 4.69) is 10.4 Å². The Bertz CT molecular complexity index is 561. The first-order chi connectivity index (χ1) is 9.47. The summed E-state index contributed by atoms with van der Waals surface area (Å²) in [4.78, 5) is 12.6. The summed E-state index contributed by atoms with van der Waals surface area (Å²) in [5, 5.41) is 19.1. The van der Waals surface area contributed by atoms with Gasteiger partial charge in [-0.25, -0.2) is 0 Å². The molecule has 0 aliphatic heterocycles. The van der Waals surface area contributed by atoms with Crippen LogP contribution in [0.4, 0.5) is 0 Å². The quantitative estimate of drug-likeness (QED) is 0.851. The molecule has 5 nitrogen and oxygen atoms in total. The summed E-state index contributed by atoms with van der Waals surface area (Å²) in [6, 6.07) is 3.75. The number of aliphatic hydroxyl groups is 1. The van der Waals surface area contributed by atoms with Crippen LogP contribution in [-0.2, 0) is 16.9 Å². The van der Waals surface area contributed by atoms with Crippen LogP contribution in [-0.4, -0.2) is 27.3 Å². The molecule has 6 heteroatoms. The van der Waals surface area contributed by atoms with Gasteiger partial charge in [-0.15, -0.1) is 11.3 Å². The van der Waals surface area contributed by atoms with Gasteiger partial charge < -0.3 is 10.4 Å². The summed E-state index contributed by atoms with van der Waals surface area (Å²) in [6.07, 6.45) is 4.01. The highest BCUT2D eigenvalue weighted by Crippen LogP contribution is 2.24. The Morgan fingerprint density at radius 3 is 3.00 bits per heavy atom. The van der Waals surface area contributed by atoms with Crippen molar-refractivity contribution in [3.05, 3.63) is 40.3 Å². The Kier molecular flexibility index (Phi) is 4.57. The highest BCUT2D eigenvalue weighted by Gasteiger charge is 2.24. The zero-order chi connectivity index (χ0) is 14.6. The molecule has 2 aromatic heterocycles. The van der Waals surface area contributed by atoms with Gasteiger partial charge in [-0.1, -0.05) is 6.07 Å². The normalized spacial score (nSPS) is 13.9. The van der Waals surface area contributed by atoms with Crippen LogP contribution in [0.25, 0.3) is 0 Å². The standard InChI is InChI=1S/C14H19N3O2S/c1-11-8-16-17(9-11)6-5-13(18)15-10-14(2,19)12-4-3-7-20-12/h3-4,7-9,19H,5-6,10H2,1-2H3,(H,15,18). The number of carbonyl (C=O) groups excluding carboxylic acids is 1. The van der Waals surface area contributed by atoms with Crippen molar-refractivity contribution >= 4 is 17.2 Å². The van der Waals surface area contributed by atoms with E-state index in [0.717, 1.165) is 10.4 Å². The Balaban J connectivity index is 1.77. The minimum atomic E-state index is -1.02. The van der Waals surface area contributed by atoms with E-state index in [1.165, 1.54) is 11.3 Å². The van der Waals surface area contributed by atoms with Gasteiger partial charge in [0.1, 0.15) is 5.60 Å². The first kappa shape index (κ1) is 14.7. The Labute approximate surface area is 122 Å². The second-order valence-electron chi connectivity index (χ2n) is 5.06. The summed E-state index contributed by atoms with van der Waals surface area (Å²) in [5.74, 6) is -0.0880. The van der Waals surface area contributed by atoms with E-state index < -0.39 is 5.60 Å². The molecule has 0 saturated carbocycles. The summed E-state index contributed by atoms with van der Waals surface area (Å²) in [7, 11) is 0. The topological polar surface area (TPSA) is 67.2 Å². The molecular weight excluding hydrogens is 274 g/mol. The fourth-order valence-electron chi connectivity index (χ4n) is 1.84. The third-order valence-electron chi connectivity index (χ3n) is 3.01. The van der Waals surface area contributed by atoms with E-state index in [1.54, 1.807) is 17.8 Å². The molecule has 2 aromatic rings. The molecule has 20 heavy (non-hydrogen) atoms.